The fourth-order valence-corrected chi connectivity index (χ4v) is 2.14. The quantitative estimate of drug-likeness (QED) is 0.815. The van der Waals surface area contributed by atoms with E-state index < -0.39 is 5.60 Å². The van der Waals surface area contributed by atoms with Crippen molar-refractivity contribution >= 4 is 23.1 Å². The van der Waals surface area contributed by atoms with E-state index in [-0.39, 0.29) is 6.09 Å². The van der Waals surface area contributed by atoms with Crippen molar-refractivity contribution in [1.29, 1.82) is 0 Å². The van der Waals surface area contributed by atoms with Crippen molar-refractivity contribution in [3.8, 4) is 0 Å². The highest BCUT2D eigenvalue weighted by Gasteiger charge is 2.18. The minimum atomic E-state index is -0.454. The number of carbonyl (C=O) groups excluding carboxylic acids is 1. The van der Waals surface area contributed by atoms with Gasteiger partial charge in [-0.15, -0.1) is 11.3 Å². The number of rotatable bonds is 5. The number of nitrogen functional groups attached to an aromatic ring is 1. The summed E-state index contributed by atoms with van der Waals surface area (Å²) in [7, 11) is 1.73. The van der Waals surface area contributed by atoms with Crippen LogP contribution in [-0.4, -0.2) is 36.7 Å². The number of carbonyl (C=O) groups is 1. The van der Waals surface area contributed by atoms with Crippen LogP contribution >= 0.6 is 11.3 Å². The lowest BCUT2D eigenvalue weighted by molar-refractivity contribution is 0.0300. The summed E-state index contributed by atoms with van der Waals surface area (Å²) in [5.41, 5.74) is 6.15. The molecule has 1 rings (SSSR count). The van der Waals surface area contributed by atoms with Gasteiger partial charge in [0.15, 0.2) is 0 Å². The van der Waals surface area contributed by atoms with Crippen molar-refractivity contribution in [1.82, 2.24) is 10.2 Å². The Kier molecular flexibility index (Phi) is 5.62. The largest absolute Gasteiger partial charge is 0.444 e. The van der Waals surface area contributed by atoms with Crippen molar-refractivity contribution < 1.29 is 9.53 Å². The SMILES string of the molecule is CN(CCNCc1sccc1N)C(=O)OC(C)(C)C. The van der Waals surface area contributed by atoms with Crippen molar-refractivity contribution in [3.63, 3.8) is 0 Å². The van der Waals surface area contributed by atoms with Crippen molar-refractivity contribution in [3.05, 3.63) is 16.3 Å². The van der Waals surface area contributed by atoms with Crippen LogP contribution in [-0.2, 0) is 11.3 Å². The predicted octanol–water partition coefficient (Wildman–Crippen LogP) is 2.29. The Balaban J connectivity index is 2.22. The van der Waals surface area contributed by atoms with Gasteiger partial charge in [-0.2, -0.15) is 0 Å². The summed E-state index contributed by atoms with van der Waals surface area (Å²) < 4.78 is 5.26. The summed E-state index contributed by atoms with van der Waals surface area (Å²) in [6.07, 6.45) is -0.301. The smallest absolute Gasteiger partial charge is 0.410 e. The molecule has 1 aromatic rings. The Hall–Kier alpha value is -1.27. The van der Waals surface area contributed by atoms with E-state index in [4.69, 9.17) is 10.5 Å². The summed E-state index contributed by atoms with van der Waals surface area (Å²) >= 11 is 1.63. The zero-order valence-corrected chi connectivity index (χ0v) is 12.8. The molecule has 1 aromatic heterocycles. The number of nitrogens with one attached hydrogen (secondary N) is 1. The van der Waals surface area contributed by atoms with Gasteiger partial charge in [0.25, 0.3) is 0 Å². The fraction of sp³-hybridized carbons (Fsp3) is 0.615. The molecule has 0 aliphatic carbocycles. The lowest BCUT2D eigenvalue weighted by Crippen LogP contribution is -2.37. The van der Waals surface area contributed by atoms with Gasteiger partial charge in [-0.3, -0.25) is 0 Å². The van der Waals surface area contributed by atoms with E-state index in [9.17, 15) is 4.79 Å². The molecule has 0 aliphatic heterocycles. The van der Waals surface area contributed by atoms with Gasteiger partial charge in [0.05, 0.1) is 0 Å². The van der Waals surface area contributed by atoms with Gasteiger partial charge >= 0.3 is 6.09 Å². The van der Waals surface area contributed by atoms with E-state index in [1.165, 1.54) is 0 Å². The number of anilines is 1. The third kappa shape index (κ3) is 5.94. The van der Waals surface area contributed by atoms with E-state index in [2.05, 4.69) is 5.32 Å². The lowest BCUT2D eigenvalue weighted by atomic mass is 10.2. The maximum absolute atomic E-state index is 11.7. The van der Waals surface area contributed by atoms with Gasteiger partial charge in [-0.05, 0) is 32.2 Å². The molecular weight excluding hydrogens is 262 g/mol. The minimum absolute atomic E-state index is 0.301. The van der Waals surface area contributed by atoms with E-state index >= 15 is 0 Å². The van der Waals surface area contributed by atoms with Crippen LogP contribution in [0.4, 0.5) is 10.5 Å². The molecule has 0 fully saturated rings. The first-order chi connectivity index (χ1) is 8.79. The van der Waals surface area contributed by atoms with Crippen LogP contribution in [0.3, 0.4) is 0 Å². The maximum Gasteiger partial charge on any atom is 0.410 e. The molecule has 0 aromatic carbocycles. The van der Waals surface area contributed by atoms with Crippen LogP contribution in [0.5, 0.6) is 0 Å². The van der Waals surface area contributed by atoms with E-state index in [0.717, 1.165) is 17.1 Å². The molecule has 0 bridgehead atoms. The average Bonchev–Trinajstić information content (AvgIpc) is 2.68. The molecule has 0 radical (unpaired) electrons. The van der Waals surface area contributed by atoms with Gasteiger partial charge < -0.3 is 20.7 Å². The molecule has 3 N–H and O–H groups in total. The predicted molar refractivity (Wildman–Crippen MR) is 79.3 cm³/mol. The summed E-state index contributed by atoms with van der Waals surface area (Å²) in [5, 5.41) is 5.23. The lowest BCUT2D eigenvalue weighted by Gasteiger charge is -2.24. The normalized spacial score (nSPS) is 11.4. The van der Waals surface area contributed by atoms with Crippen LogP contribution in [0.25, 0.3) is 0 Å². The molecule has 108 valence electrons. The standard InChI is InChI=1S/C13H23N3O2S/c1-13(2,3)18-12(17)16(4)7-6-15-9-11-10(14)5-8-19-11/h5,8,15H,6-7,9,14H2,1-4H3. The van der Waals surface area contributed by atoms with Crippen molar-refractivity contribution in [2.45, 2.75) is 32.9 Å². The second kappa shape index (κ2) is 6.77. The minimum Gasteiger partial charge on any atom is -0.444 e. The molecule has 1 amide bonds. The Labute approximate surface area is 118 Å². The van der Waals surface area contributed by atoms with Crippen LogP contribution in [0.2, 0.25) is 0 Å². The molecule has 0 unspecified atom stereocenters. The molecule has 0 spiro atoms. The van der Waals surface area contributed by atoms with Gasteiger partial charge in [0, 0.05) is 37.2 Å². The number of amides is 1. The molecule has 0 atom stereocenters. The number of thiophene rings is 1. The molecule has 1 heterocycles. The van der Waals surface area contributed by atoms with Gasteiger partial charge in [0.1, 0.15) is 5.60 Å². The molecule has 0 saturated carbocycles. The van der Waals surface area contributed by atoms with Crippen molar-refractivity contribution in [2.75, 3.05) is 25.9 Å². The second-order valence-electron chi connectivity index (χ2n) is 5.38. The maximum atomic E-state index is 11.7. The Morgan fingerprint density at radius 3 is 2.74 bits per heavy atom. The molecule has 19 heavy (non-hydrogen) atoms. The summed E-state index contributed by atoms with van der Waals surface area (Å²) in [6.45, 7) is 7.60. The monoisotopic (exact) mass is 285 g/mol. The van der Waals surface area contributed by atoms with Gasteiger partial charge in [0.2, 0.25) is 0 Å². The van der Waals surface area contributed by atoms with Crippen LogP contribution in [0.1, 0.15) is 25.6 Å². The third-order valence-electron chi connectivity index (χ3n) is 2.39. The summed E-state index contributed by atoms with van der Waals surface area (Å²) in [4.78, 5) is 14.4. The topological polar surface area (TPSA) is 67.6 Å². The Bertz CT molecular complexity index is 412. The zero-order valence-electron chi connectivity index (χ0n) is 12.0. The summed E-state index contributed by atoms with van der Waals surface area (Å²) in [5.74, 6) is 0. The molecule has 0 aliphatic rings. The van der Waals surface area contributed by atoms with Gasteiger partial charge in [-0.1, -0.05) is 0 Å². The third-order valence-corrected chi connectivity index (χ3v) is 3.33. The van der Waals surface area contributed by atoms with E-state index in [1.807, 2.05) is 32.2 Å². The number of hydrogen-bond acceptors (Lipinski definition) is 5. The van der Waals surface area contributed by atoms with E-state index in [1.54, 1.807) is 23.3 Å². The van der Waals surface area contributed by atoms with E-state index in [0.29, 0.717) is 13.1 Å². The number of hydrogen-bond donors (Lipinski definition) is 2. The first-order valence-corrected chi connectivity index (χ1v) is 7.14. The Morgan fingerprint density at radius 2 is 2.21 bits per heavy atom. The van der Waals surface area contributed by atoms with Crippen LogP contribution in [0, 0.1) is 0 Å². The Morgan fingerprint density at radius 1 is 1.53 bits per heavy atom. The highest BCUT2D eigenvalue weighted by molar-refractivity contribution is 7.10. The highest BCUT2D eigenvalue weighted by atomic mass is 32.1. The fourth-order valence-electron chi connectivity index (χ4n) is 1.37. The molecule has 6 heteroatoms. The highest BCUT2D eigenvalue weighted by Crippen LogP contribution is 2.17. The average molecular weight is 285 g/mol. The zero-order chi connectivity index (χ0) is 14.5. The second-order valence-corrected chi connectivity index (χ2v) is 6.38. The number of nitrogens with two attached hydrogens (primary N) is 1. The molecule has 0 saturated heterocycles. The molecular formula is C13H23N3O2S. The first kappa shape index (κ1) is 15.8. The molecule has 5 nitrogen and oxygen atoms in total. The van der Waals surface area contributed by atoms with Crippen molar-refractivity contribution in [2.24, 2.45) is 0 Å². The number of ether oxygens (including phenoxy) is 1. The summed E-state index contributed by atoms with van der Waals surface area (Å²) in [6, 6.07) is 1.90. The van der Waals surface area contributed by atoms with Crippen LogP contribution < -0.4 is 11.1 Å². The van der Waals surface area contributed by atoms with Gasteiger partial charge in [-0.25, -0.2) is 4.79 Å². The number of nitrogens with zero attached hydrogens (tertiary/aromatic N) is 1. The first-order valence-electron chi connectivity index (χ1n) is 6.26. The number of likely N-dealkylation sites (N-methyl/N-ethyl adjacent to an activating group) is 1. The van der Waals surface area contributed by atoms with Crippen LogP contribution in [0.15, 0.2) is 11.4 Å².